The van der Waals surface area contributed by atoms with Gasteiger partial charge in [-0.25, -0.2) is 9.97 Å². The van der Waals surface area contributed by atoms with Crippen LogP contribution in [0.4, 0.5) is 0 Å². The lowest BCUT2D eigenvalue weighted by atomic mass is 10.1. The highest BCUT2D eigenvalue weighted by Crippen LogP contribution is 2.42. The van der Waals surface area contributed by atoms with Crippen molar-refractivity contribution < 1.29 is 4.57 Å². The van der Waals surface area contributed by atoms with Crippen LogP contribution in [0.1, 0.15) is 0 Å². The fourth-order valence-electron chi connectivity index (χ4n) is 5.26. The molecule has 0 bridgehead atoms. The van der Waals surface area contributed by atoms with Crippen molar-refractivity contribution in [1.82, 2.24) is 9.97 Å². The smallest absolute Gasteiger partial charge is 0.171 e. The minimum atomic E-state index is -3.02. The number of aromatic nitrogens is 2. The average molecular weight is 533 g/mol. The van der Waals surface area contributed by atoms with Gasteiger partial charge in [-0.1, -0.05) is 140 Å². The number of hydrogen-bond acceptors (Lipinski definition) is 3. The minimum Gasteiger partial charge on any atom is -0.309 e. The summed E-state index contributed by atoms with van der Waals surface area (Å²) < 4.78 is 14.7. The molecule has 40 heavy (non-hydrogen) atoms. The summed E-state index contributed by atoms with van der Waals surface area (Å²) in [5, 5.41) is 4.55. The molecule has 3 nitrogen and oxygen atoms in total. The average Bonchev–Trinajstić information content (AvgIpc) is 3.05. The lowest BCUT2D eigenvalue weighted by molar-refractivity contribution is 0.592. The minimum absolute atomic E-state index is 0.800. The van der Waals surface area contributed by atoms with E-state index in [1.165, 1.54) is 0 Å². The summed E-state index contributed by atoms with van der Waals surface area (Å²) in [6, 6.07) is 50.2. The maximum absolute atomic E-state index is 14.7. The number of fused-ring (bicyclic) bond motifs is 3. The second-order valence-corrected chi connectivity index (χ2v) is 12.6. The molecule has 7 rings (SSSR count). The Balaban J connectivity index is 1.33. The fourth-order valence-corrected chi connectivity index (χ4v) is 7.91. The number of rotatable bonds is 5. The van der Waals surface area contributed by atoms with Crippen molar-refractivity contribution in [3.8, 4) is 22.5 Å². The predicted octanol–water partition coefficient (Wildman–Crippen LogP) is 7.76. The zero-order chi connectivity index (χ0) is 26.9. The van der Waals surface area contributed by atoms with Gasteiger partial charge in [-0.3, -0.25) is 0 Å². The summed E-state index contributed by atoms with van der Waals surface area (Å²) in [5.41, 5.74) is 5.58. The van der Waals surface area contributed by atoms with E-state index in [1.54, 1.807) is 0 Å². The van der Waals surface area contributed by atoms with Crippen molar-refractivity contribution >= 4 is 44.9 Å². The Bertz CT molecular complexity index is 1960. The molecule has 0 saturated heterocycles. The summed E-state index contributed by atoms with van der Waals surface area (Å²) in [5.74, 6) is 0. The van der Waals surface area contributed by atoms with Gasteiger partial charge in [0.25, 0.3) is 0 Å². The van der Waals surface area contributed by atoms with E-state index < -0.39 is 7.14 Å². The number of pyridine rings is 2. The van der Waals surface area contributed by atoms with Gasteiger partial charge in [0.05, 0.1) is 22.4 Å². The number of hydrogen-bond donors (Lipinski definition) is 0. The normalized spacial score (nSPS) is 11.6. The summed E-state index contributed by atoms with van der Waals surface area (Å²) in [6.07, 6.45) is 0. The largest absolute Gasteiger partial charge is 0.309 e. The summed E-state index contributed by atoms with van der Waals surface area (Å²) in [7, 11) is -3.02. The molecule has 190 valence electrons. The van der Waals surface area contributed by atoms with Gasteiger partial charge in [0.15, 0.2) is 7.14 Å². The Labute approximate surface area is 233 Å². The number of benzene rings is 5. The summed E-state index contributed by atoms with van der Waals surface area (Å²) >= 11 is 0. The van der Waals surface area contributed by atoms with E-state index in [4.69, 9.17) is 9.97 Å². The maximum atomic E-state index is 14.7. The van der Waals surface area contributed by atoms with E-state index in [0.29, 0.717) is 0 Å². The quantitative estimate of drug-likeness (QED) is 0.168. The first-order valence-electron chi connectivity index (χ1n) is 13.3. The fraction of sp³-hybridized carbons (Fsp3) is 0. The van der Waals surface area contributed by atoms with Crippen LogP contribution in [-0.2, 0) is 4.57 Å². The van der Waals surface area contributed by atoms with E-state index in [2.05, 4.69) is 42.5 Å². The van der Waals surface area contributed by atoms with Crippen molar-refractivity contribution in [3.63, 3.8) is 0 Å². The molecule has 5 aromatic carbocycles. The van der Waals surface area contributed by atoms with Crippen LogP contribution in [0.5, 0.6) is 0 Å². The molecule has 7 aromatic rings. The topological polar surface area (TPSA) is 42.9 Å². The van der Waals surface area contributed by atoms with Crippen LogP contribution in [0.15, 0.2) is 152 Å². The van der Waals surface area contributed by atoms with Crippen LogP contribution in [0.3, 0.4) is 0 Å². The van der Waals surface area contributed by atoms with Gasteiger partial charge >= 0.3 is 0 Å². The van der Waals surface area contributed by atoms with Gasteiger partial charge in [-0.05, 0) is 12.1 Å². The third-order valence-corrected chi connectivity index (χ3v) is 10.4. The monoisotopic (exact) mass is 532 g/mol. The highest BCUT2D eigenvalue weighted by Gasteiger charge is 2.29. The molecule has 0 aliphatic heterocycles. The van der Waals surface area contributed by atoms with Crippen molar-refractivity contribution in [2.24, 2.45) is 0 Å². The second-order valence-electron chi connectivity index (χ2n) is 9.80. The second kappa shape index (κ2) is 10.0. The van der Waals surface area contributed by atoms with Crippen molar-refractivity contribution in [2.45, 2.75) is 0 Å². The van der Waals surface area contributed by atoms with E-state index in [-0.39, 0.29) is 0 Å². The van der Waals surface area contributed by atoms with Crippen LogP contribution in [0.25, 0.3) is 44.3 Å². The Morgan fingerprint density at radius 2 is 0.750 bits per heavy atom. The van der Waals surface area contributed by atoms with Gasteiger partial charge in [0.2, 0.25) is 0 Å². The number of nitrogens with zero attached hydrogens (tertiary/aromatic N) is 2. The lowest BCUT2D eigenvalue weighted by Gasteiger charge is -2.20. The van der Waals surface area contributed by atoms with Crippen LogP contribution < -0.4 is 15.9 Å². The third-order valence-electron chi connectivity index (χ3n) is 7.36. The Hall–Kier alpha value is -4.85. The first-order valence-corrected chi connectivity index (χ1v) is 15.0. The van der Waals surface area contributed by atoms with Gasteiger partial charge in [0, 0.05) is 37.8 Å². The summed E-state index contributed by atoms with van der Waals surface area (Å²) in [6.45, 7) is 0. The predicted molar refractivity (Wildman–Crippen MR) is 167 cm³/mol. The van der Waals surface area contributed by atoms with Crippen LogP contribution in [0, 0.1) is 0 Å². The lowest BCUT2D eigenvalue weighted by Crippen LogP contribution is -2.24. The van der Waals surface area contributed by atoms with Crippen LogP contribution in [-0.4, -0.2) is 9.97 Å². The highest BCUT2D eigenvalue weighted by atomic mass is 31.2. The van der Waals surface area contributed by atoms with E-state index in [0.717, 1.165) is 60.2 Å². The molecule has 0 atom stereocenters. The van der Waals surface area contributed by atoms with E-state index >= 15 is 0 Å². The standard InChI is InChI=1S/C36H25N2OP/c39-40(30-12-6-2-7-13-30,31-14-8-3-9-15-31)32-22-18-27(19-23-32)34-25-21-29-17-16-28-20-24-33(26-10-4-1-5-11-26)37-35(28)36(29)38-34/h1-25H. The van der Waals surface area contributed by atoms with Crippen molar-refractivity contribution in [1.29, 1.82) is 0 Å². The highest BCUT2D eigenvalue weighted by molar-refractivity contribution is 7.85. The third kappa shape index (κ3) is 4.22. The molecule has 0 unspecified atom stereocenters. The Morgan fingerprint density at radius 1 is 0.375 bits per heavy atom. The molecule has 4 heteroatoms. The summed E-state index contributed by atoms with van der Waals surface area (Å²) in [4.78, 5) is 10.1. The SMILES string of the molecule is O=P(c1ccccc1)(c1ccccc1)c1ccc(-c2ccc3ccc4ccc(-c5ccccc5)nc4c3n2)cc1. The molecule has 0 radical (unpaired) electrons. The van der Waals surface area contributed by atoms with E-state index in [1.807, 2.05) is 109 Å². The molecule has 2 heterocycles. The molecular formula is C36H25N2OP. The van der Waals surface area contributed by atoms with Crippen molar-refractivity contribution in [2.75, 3.05) is 0 Å². The van der Waals surface area contributed by atoms with E-state index in [9.17, 15) is 4.57 Å². The van der Waals surface area contributed by atoms with Gasteiger partial charge < -0.3 is 4.57 Å². The van der Waals surface area contributed by atoms with Gasteiger partial charge in [-0.15, -0.1) is 0 Å². The van der Waals surface area contributed by atoms with Crippen LogP contribution >= 0.6 is 7.14 Å². The molecule has 0 aliphatic rings. The molecule has 0 N–H and O–H groups in total. The van der Waals surface area contributed by atoms with Crippen LogP contribution in [0.2, 0.25) is 0 Å². The first-order chi connectivity index (χ1) is 19.7. The van der Waals surface area contributed by atoms with Gasteiger partial charge in [-0.2, -0.15) is 0 Å². The molecule has 0 aliphatic carbocycles. The molecular weight excluding hydrogens is 507 g/mol. The Kier molecular flexibility index (Phi) is 6.07. The first kappa shape index (κ1) is 24.2. The molecule has 0 spiro atoms. The van der Waals surface area contributed by atoms with Gasteiger partial charge in [0.1, 0.15) is 0 Å². The Morgan fingerprint density at radius 3 is 1.23 bits per heavy atom. The maximum Gasteiger partial charge on any atom is 0.171 e. The molecule has 0 amide bonds. The van der Waals surface area contributed by atoms with Crippen molar-refractivity contribution in [3.05, 3.63) is 152 Å². The molecule has 0 fully saturated rings. The zero-order valence-corrected chi connectivity index (χ0v) is 22.6. The molecule has 2 aromatic heterocycles. The zero-order valence-electron chi connectivity index (χ0n) is 21.7. The molecule has 0 saturated carbocycles.